The molecule has 0 spiro atoms. The Morgan fingerprint density at radius 2 is 2.10 bits per heavy atom. The predicted octanol–water partition coefficient (Wildman–Crippen LogP) is 3.43. The van der Waals surface area contributed by atoms with Crippen molar-refractivity contribution in [1.82, 2.24) is 9.88 Å². The average molecular weight is 313 g/mol. The van der Waals surface area contributed by atoms with E-state index in [2.05, 4.69) is 4.98 Å². The number of amides is 1. The molecular formula is C15H21ClN2O3. The van der Waals surface area contributed by atoms with Crippen molar-refractivity contribution in [3.05, 3.63) is 23.0 Å². The van der Waals surface area contributed by atoms with Crippen LogP contribution in [0.1, 0.15) is 32.3 Å². The first-order valence-electron chi connectivity index (χ1n) is 7.20. The fraction of sp³-hybridized carbons (Fsp3) is 0.600. The quantitative estimate of drug-likeness (QED) is 0.802. The summed E-state index contributed by atoms with van der Waals surface area (Å²) in [5, 5.41) is 0.463. The van der Waals surface area contributed by atoms with Crippen molar-refractivity contribution >= 4 is 17.7 Å². The Bertz CT molecular complexity index is 500. The van der Waals surface area contributed by atoms with Gasteiger partial charge < -0.3 is 14.4 Å². The third-order valence-electron chi connectivity index (χ3n) is 3.42. The zero-order valence-corrected chi connectivity index (χ0v) is 13.4. The minimum atomic E-state index is -0.244. The molecule has 0 aromatic carbocycles. The van der Waals surface area contributed by atoms with Gasteiger partial charge in [-0.25, -0.2) is 9.78 Å². The topological polar surface area (TPSA) is 51.7 Å². The van der Waals surface area contributed by atoms with Crippen LogP contribution in [0.4, 0.5) is 4.79 Å². The Balaban J connectivity index is 1.87. The van der Waals surface area contributed by atoms with Crippen LogP contribution in [0.25, 0.3) is 0 Å². The summed E-state index contributed by atoms with van der Waals surface area (Å²) in [7, 11) is 0. The standard InChI is InChI=1S/C15H21ClN2O3/c1-10(2)20-15(19)18-8-5-12(6-9-18)21-13-4-7-17-14(16)11(13)3/h4,7,10,12H,5-6,8-9H2,1-3H3. The van der Waals surface area contributed by atoms with Gasteiger partial charge in [0.1, 0.15) is 17.0 Å². The number of nitrogens with zero attached hydrogens (tertiary/aromatic N) is 2. The Morgan fingerprint density at radius 3 is 2.71 bits per heavy atom. The second kappa shape index (κ2) is 6.98. The molecule has 0 radical (unpaired) electrons. The lowest BCUT2D eigenvalue weighted by Gasteiger charge is -2.32. The molecule has 2 rings (SSSR count). The Labute approximate surface area is 130 Å². The van der Waals surface area contributed by atoms with Gasteiger partial charge in [0.2, 0.25) is 0 Å². The van der Waals surface area contributed by atoms with Crippen LogP contribution in [0.2, 0.25) is 5.15 Å². The first-order valence-corrected chi connectivity index (χ1v) is 7.58. The Kier molecular flexibility index (Phi) is 5.28. The van der Waals surface area contributed by atoms with E-state index < -0.39 is 0 Å². The summed E-state index contributed by atoms with van der Waals surface area (Å²) in [5.41, 5.74) is 0.848. The molecule has 116 valence electrons. The van der Waals surface area contributed by atoms with Crippen LogP contribution in [0, 0.1) is 6.92 Å². The number of rotatable bonds is 3. The molecule has 1 aliphatic rings. The second-order valence-electron chi connectivity index (χ2n) is 5.46. The van der Waals surface area contributed by atoms with E-state index in [1.807, 2.05) is 26.8 Å². The lowest BCUT2D eigenvalue weighted by atomic mass is 10.1. The van der Waals surface area contributed by atoms with Gasteiger partial charge in [0.15, 0.2) is 0 Å². The summed E-state index contributed by atoms with van der Waals surface area (Å²) in [6, 6.07) is 1.82. The highest BCUT2D eigenvalue weighted by molar-refractivity contribution is 6.30. The van der Waals surface area contributed by atoms with Gasteiger partial charge in [-0.15, -0.1) is 0 Å². The summed E-state index contributed by atoms with van der Waals surface area (Å²) in [6.45, 7) is 6.88. The van der Waals surface area contributed by atoms with Crippen LogP contribution in [0.15, 0.2) is 12.3 Å². The van der Waals surface area contributed by atoms with Crippen LogP contribution in [-0.2, 0) is 4.74 Å². The van der Waals surface area contributed by atoms with Gasteiger partial charge in [0.05, 0.1) is 6.10 Å². The lowest BCUT2D eigenvalue weighted by molar-refractivity contribution is 0.0515. The largest absolute Gasteiger partial charge is 0.490 e. The van der Waals surface area contributed by atoms with Gasteiger partial charge in [-0.3, -0.25) is 0 Å². The van der Waals surface area contributed by atoms with Gasteiger partial charge in [0, 0.05) is 37.7 Å². The molecule has 0 saturated carbocycles. The molecule has 1 fully saturated rings. The zero-order chi connectivity index (χ0) is 15.4. The summed E-state index contributed by atoms with van der Waals surface area (Å²) < 4.78 is 11.2. The Hall–Kier alpha value is -1.49. The summed E-state index contributed by atoms with van der Waals surface area (Å²) in [4.78, 5) is 17.5. The minimum absolute atomic E-state index is 0.0882. The first kappa shape index (κ1) is 15.9. The Morgan fingerprint density at radius 1 is 1.43 bits per heavy atom. The van der Waals surface area contributed by atoms with E-state index in [-0.39, 0.29) is 18.3 Å². The minimum Gasteiger partial charge on any atom is -0.490 e. The molecule has 0 atom stereocenters. The van der Waals surface area contributed by atoms with Gasteiger partial charge in [-0.05, 0) is 26.8 Å². The number of hydrogen-bond donors (Lipinski definition) is 0. The predicted molar refractivity (Wildman–Crippen MR) is 80.8 cm³/mol. The zero-order valence-electron chi connectivity index (χ0n) is 12.6. The highest BCUT2D eigenvalue weighted by Gasteiger charge is 2.25. The molecule has 0 bridgehead atoms. The molecule has 1 aromatic rings. The number of ether oxygens (including phenoxy) is 2. The summed E-state index contributed by atoms with van der Waals surface area (Å²) >= 11 is 5.98. The monoisotopic (exact) mass is 312 g/mol. The number of hydrogen-bond acceptors (Lipinski definition) is 4. The molecular weight excluding hydrogens is 292 g/mol. The molecule has 5 nitrogen and oxygen atoms in total. The molecule has 21 heavy (non-hydrogen) atoms. The fourth-order valence-corrected chi connectivity index (χ4v) is 2.38. The van der Waals surface area contributed by atoms with Crippen molar-refractivity contribution in [3.8, 4) is 5.75 Å². The van der Waals surface area contributed by atoms with E-state index in [1.165, 1.54) is 0 Å². The van der Waals surface area contributed by atoms with Crippen molar-refractivity contribution in [2.24, 2.45) is 0 Å². The van der Waals surface area contributed by atoms with Gasteiger partial charge in [-0.2, -0.15) is 0 Å². The van der Waals surface area contributed by atoms with Crippen molar-refractivity contribution in [2.45, 2.75) is 45.8 Å². The van der Waals surface area contributed by atoms with Crippen LogP contribution in [0.5, 0.6) is 5.75 Å². The van der Waals surface area contributed by atoms with Crippen LogP contribution in [0.3, 0.4) is 0 Å². The fourth-order valence-electron chi connectivity index (χ4n) is 2.23. The van der Waals surface area contributed by atoms with Gasteiger partial charge >= 0.3 is 6.09 Å². The number of likely N-dealkylation sites (tertiary alicyclic amines) is 1. The van der Waals surface area contributed by atoms with E-state index in [0.29, 0.717) is 18.2 Å². The molecule has 6 heteroatoms. The van der Waals surface area contributed by atoms with Crippen LogP contribution in [-0.4, -0.2) is 41.3 Å². The SMILES string of the molecule is Cc1c(OC2CCN(C(=O)OC(C)C)CC2)ccnc1Cl. The van der Waals surface area contributed by atoms with Crippen molar-refractivity contribution in [1.29, 1.82) is 0 Å². The summed E-state index contributed by atoms with van der Waals surface area (Å²) in [5.74, 6) is 0.762. The number of aromatic nitrogens is 1. The molecule has 0 N–H and O–H groups in total. The average Bonchev–Trinajstić information content (AvgIpc) is 2.44. The van der Waals surface area contributed by atoms with E-state index in [1.54, 1.807) is 11.1 Å². The van der Waals surface area contributed by atoms with Crippen molar-refractivity contribution in [2.75, 3.05) is 13.1 Å². The van der Waals surface area contributed by atoms with Crippen molar-refractivity contribution < 1.29 is 14.3 Å². The lowest BCUT2D eigenvalue weighted by Crippen LogP contribution is -2.42. The summed E-state index contributed by atoms with van der Waals surface area (Å²) in [6.07, 6.45) is 2.96. The smallest absolute Gasteiger partial charge is 0.410 e. The maximum absolute atomic E-state index is 11.8. The number of carbonyl (C=O) groups is 1. The molecule has 1 saturated heterocycles. The number of carbonyl (C=O) groups excluding carboxylic acids is 1. The molecule has 0 aliphatic carbocycles. The van der Waals surface area contributed by atoms with E-state index in [9.17, 15) is 4.79 Å². The molecule has 1 aliphatic heterocycles. The van der Waals surface area contributed by atoms with E-state index in [0.717, 1.165) is 24.2 Å². The molecule has 1 aromatic heterocycles. The van der Waals surface area contributed by atoms with E-state index in [4.69, 9.17) is 21.1 Å². The maximum Gasteiger partial charge on any atom is 0.410 e. The molecule has 1 amide bonds. The second-order valence-corrected chi connectivity index (χ2v) is 5.82. The first-order chi connectivity index (χ1) is 9.97. The van der Waals surface area contributed by atoms with Gasteiger partial charge in [-0.1, -0.05) is 11.6 Å². The van der Waals surface area contributed by atoms with Crippen molar-refractivity contribution in [3.63, 3.8) is 0 Å². The van der Waals surface area contributed by atoms with Crippen LogP contribution < -0.4 is 4.74 Å². The highest BCUT2D eigenvalue weighted by atomic mass is 35.5. The third kappa shape index (κ3) is 4.24. The molecule has 0 unspecified atom stereocenters. The normalized spacial score (nSPS) is 16.1. The highest BCUT2D eigenvalue weighted by Crippen LogP contribution is 2.26. The maximum atomic E-state index is 11.8. The van der Waals surface area contributed by atoms with Gasteiger partial charge in [0.25, 0.3) is 0 Å². The third-order valence-corrected chi connectivity index (χ3v) is 3.80. The molecule has 2 heterocycles. The van der Waals surface area contributed by atoms with Crippen LogP contribution >= 0.6 is 11.6 Å². The number of pyridine rings is 1. The number of piperidine rings is 1. The number of halogens is 1. The van der Waals surface area contributed by atoms with E-state index >= 15 is 0 Å².